The predicted octanol–water partition coefficient (Wildman–Crippen LogP) is 3.62. The molecule has 106 valence electrons. The number of benzene rings is 2. The Morgan fingerprint density at radius 2 is 1.65 bits per heavy atom. The van der Waals surface area contributed by atoms with Crippen LogP contribution in [-0.4, -0.2) is 15.5 Å². The lowest BCUT2D eigenvalue weighted by Crippen LogP contribution is -2.26. The van der Waals surface area contributed by atoms with Crippen LogP contribution in [0, 0.1) is 0 Å². The van der Waals surface area contributed by atoms with Gasteiger partial charge in [-0.25, -0.2) is 8.42 Å². The fourth-order valence-corrected chi connectivity index (χ4v) is 4.30. The molecule has 0 spiro atoms. The molecule has 2 N–H and O–H groups in total. The second kappa shape index (κ2) is 5.75. The monoisotopic (exact) mass is 418 g/mol. The number of hydrogen-bond donors (Lipinski definition) is 1. The van der Waals surface area contributed by atoms with Gasteiger partial charge in [-0.15, -0.1) is 0 Å². The highest BCUT2D eigenvalue weighted by Crippen LogP contribution is 2.30. The molecular weight excluding hydrogens is 408 g/mol. The van der Waals surface area contributed by atoms with Gasteiger partial charge in [0.2, 0.25) is 0 Å². The summed E-state index contributed by atoms with van der Waals surface area (Å²) >= 11 is 6.56. The van der Waals surface area contributed by atoms with E-state index in [1.54, 1.807) is 42.5 Å². The average molecular weight is 420 g/mol. The number of anilines is 2. The van der Waals surface area contributed by atoms with Crippen molar-refractivity contribution in [2.45, 2.75) is 4.90 Å². The van der Waals surface area contributed by atoms with Crippen LogP contribution in [0.25, 0.3) is 0 Å². The van der Waals surface area contributed by atoms with Crippen molar-refractivity contribution in [2.24, 2.45) is 0 Å². The minimum absolute atomic E-state index is 0.200. The molecule has 0 aliphatic heterocycles. The number of nitrogen functional groups attached to an aromatic ring is 1. The van der Waals surface area contributed by atoms with E-state index in [1.165, 1.54) is 11.4 Å². The minimum Gasteiger partial charge on any atom is -0.399 e. The van der Waals surface area contributed by atoms with Crippen LogP contribution >= 0.6 is 31.9 Å². The van der Waals surface area contributed by atoms with Crippen LogP contribution in [0.5, 0.6) is 0 Å². The Hall–Kier alpha value is -1.05. The molecule has 0 fully saturated rings. The number of nitrogens with zero attached hydrogens (tertiary/aromatic N) is 1. The van der Waals surface area contributed by atoms with Crippen LogP contribution in [0.2, 0.25) is 0 Å². The maximum absolute atomic E-state index is 12.6. The molecule has 2 aromatic rings. The number of halogens is 2. The van der Waals surface area contributed by atoms with Crippen molar-refractivity contribution in [1.29, 1.82) is 0 Å². The normalized spacial score (nSPS) is 11.3. The summed E-state index contributed by atoms with van der Waals surface area (Å²) in [5.41, 5.74) is 6.74. The largest absolute Gasteiger partial charge is 0.399 e. The molecule has 0 radical (unpaired) electrons. The van der Waals surface area contributed by atoms with Crippen molar-refractivity contribution < 1.29 is 8.42 Å². The standard InChI is InChI=1S/C13H12Br2N2O2S/c1-17(11-5-3-10(16)4-6-11)20(18,19)13-8-9(14)2-7-12(13)15/h2-8H,16H2,1H3. The maximum atomic E-state index is 12.6. The Kier molecular flexibility index (Phi) is 4.41. The first-order valence-electron chi connectivity index (χ1n) is 5.62. The molecule has 0 bridgehead atoms. The minimum atomic E-state index is -3.64. The van der Waals surface area contributed by atoms with Crippen molar-refractivity contribution in [3.05, 3.63) is 51.4 Å². The van der Waals surface area contributed by atoms with Gasteiger partial charge >= 0.3 is 0 Å². The highest BCUT2D eigenvalue weighted by atomic mass is 79.9. The van der Waals surface area contributed by atoms with Gasteiger partial charge in [-0.05, 0) is 58.4 Å². The highest BCUT2D eigenvalue weighted by molar-refractivity contribution is 9.11. The summed E-state index contributed by atoms with van der Waals surface area (Å²) in [5, 5.41) is 0. The zero-order valence-electron chi connectivity index (χ0n) is 10.5. The molecule has 0 saturated carbocycles. The van der Waals surface area contributed by atoms with E-state index in [0.717, 1.165) is 0 Å². The quantitative estimate of drug-likeness (QED) is 0.772. The first-order valence-corrected chi connectivity index (χ1v) is 8.64. The number of sulfonamides is 1. The van der Waals surface area contributed by atoms with Crippen LogP contribution in [0.3, 0.4) is 0 Å². The summed E-state index contributed by atoms with van der Waals surface area (Å²) < 4.78 is 27.7. The maximum Gasteiger partial charge on any atom is 0.265 e. The van der Waals surface area contributed by atoms with Gasteiger partial charge in [0, 0.05) is 21.7 Å². The smallest absolute Gasteiger partial charge is 0.265 e. The lowest BCUT2D eigenvalue weighted by atomic mass is 10.3. The lowest BCUT2D eigenvalue weighted by molar-refractivity contribution is 0.594. The van der Waals surface area contributed by atoms with Gasteiger partial charge in [0.1, 0.15) is 4.90 Å². The molecule has 0 aliphatic carbocycles. The molecule has 0 saturated heterocycles. The van der Waals surface area contributed by atoms with Crippen LogP contribution in [0.15, 0.2) is 56.3 Å². The van der Waals surface area contributed by atoms with Crippen molar-refractivity contribution in [2.75, 3.05) is 17.1 Å². The lowest BCUT2D eigenvalue weighted by Gasteiger charge is -2.20. The number of rotatable bonds is 3. The Balaban J connectivity index is 2.49. The molecule has 0 amide bonds. The van der Waals surface area contributed by atoms with Crippen LogP contribution in [0.1, 0.15) is 0 Å². The molecule has 2 rings (SSSR count). The summed E-state index contributed by atoms with van der Waals surface area (Å²) in [5.74, 6) is 0. The van der Waals surface area contributed by atoms with E-state index >= 15 is 0 Å². The number of nitrogens with two attached hydrogens (primary N) is 1. The van der Waals surface area contributed by atoms with E-state index in [4.69, 9.17) is 5.73 Å². The summed E-state index contributed by atoms with van der Waals surface area (Å²) in [6, 6.07) is 11.7. The third-order valence-corrected chi connectivity index (χ3v) is 6.06. The fraction of sp³-hybridized carbons (Fsp3) is 0.0769. The SMILES string of the molecule is CN(c1ccc(N)cc1)S(=O)(=O)c1cc(Br)ccc1Br. The summed E-state index contributed by atoms with van der Waals surface area (Å²) in [6.45, 7) is 0. The zero-order valence-corrected chi connectivity index (χ0v) is 14.5. The van der Waals surface area contributed by atoms with Crippen molar-refractivity contribution in [1.82, 2.24) is 0 Å². The van der Waals surface area contributed by atoms with Gasteiger partial charge < -0.3 is 5.73 Å². The van der Waals surface area contributed by atoms with E-state index in [1.807, 2.05) is 0 Å². The molecular formula is C13H12Br2N2O2S. The highest BCUT2D eigenvalue weighted by Gasteiger charge is 2.24. The van der Waals surface area contributed by atoms with Gasteiger partial charge in [0.15, 0.2) is 0 Å². The van der Waals surface area contributed by atoms with E-state index in [-0.39, 0.29) is 4.90 Å². The fourth-order valence-electron chi connectivity index (χ4n) is 1.65. The molecule has 2 aromatic carbocycles. The van der Waals surface area contributed by atoms with Crippen molar-refractivity contribution in [3.63, 3.8) is 0 Å². The van der Waals surface area contributed by atoms with E-state index in [9.17, 15) is 8.42 Å². The third-order valence-electron chi connectivity index (χ3n) is 2.79. The second-order valence-electron chi connectivity index (χ2n) is 4.14. The van der Waals surface area contributed by atoms with Gasteiger partial charge in [-0.2, -0.15) is 0 Å². The molecule has 0 atom stereocenters. The summed E-state index contributed by atoms with van der Waals surface area (Å²) in [6.07, 6.45) is 0. The molecule has 0 heterocycles. The van der Waals surface area contributed by atoms with E-state index in [0.29, 0.717) is 20.3 Å². The van der Waals surface area contributed by atoms with Gasteiger partial charge in [-0.3, -0.25) is 4.31 Å². The van der Waals surface area contributed by atoms with E-state index < -0.39 is 10.0 Å². The Labute approximate surface area is 134 Å². The predicted molar refractivity (Wildman–Crippen MR) is 88.3 cm³/mol. The van der Waals surface area contributed by atoms with Crippen molar-refractivity contribution >= 4 is 53.3 Å². The van der Waals surface area contributed by atoms with E-state index in [2.05, 4.69) is 31.9 Å². The Morgan fingerprint density at radius 1 is 1.05 bits per heavy atom. The number of hydrogen-bond acceptors (Lipinski definition) is 3. The van der Waals surface area contributed by atoms with Crippen LogP contribution in [-0.2, 0) is 10.0 Å². The van der Waals surface area contributed by atoms with Gasteiger partial charge in [0.25, 0.3) is 10.0 Å². The first-order chi connectivity index (χ1) is 9.32. The average Bonchev–Trinajstić information content (AvgIpc) is 2.41. The molecule has 7 heteroatoms. The summed E-state index contributed by atoms with van der Waals surface area (Å²) in [7, 11) is -2.13. The molecule has 4 nitrogen and oxygen atoms in total. The molecule has 0 aromatic heterocycles. The Bertz CT molecular complexity index is 731. The topological polar surface area (TPSA) is 63.4 Å². The second-order valence-corrected chi connectivity index (χ2v) is 7.85. The molecule has 0 aliphatic rings. The summed E-state index contributed by atoms with van der Waals surface area (Å²) in [4.78, 5) is 0.200. The first kappa shape index (κ1) is 15.3. The van der Waals surface area contributed by atoms with Crippen LogP contribution < -0.4 is 10.0 Å². The van der Waals surface area contributed by atoms with Gasteiger partial charge in [0.05, 0.1) is 5.69 Å². The Morgan fingerprint density at radius 3 is 2.25 bits per heavy atom. The molecule has 20 heavy (non-hydrogen) atoms. The third kappa shape index (κ3) is 2.99. The molecule has 0 unspecified atom stereocenters. The van der Waals surface area contributed by atoms with Crippen molar-refractivity contribution in [3.8, 4) is 0 Å². The van der Waals surface area contributed by atoms with Gasteiger partial charge in [-0.1, -0.05) is 15.9 Å². The zero-order chi connectivity index (χ0) is 14.9. The van der Waals surface area contributed by atoms with Crippen LogP contribution in [0.4, 0.5) is 11.4 Å².